The fourth-order valence-corrected chi connectivity index (χ4v) is 3.23. The lowest BCUT2D eigenvalue weighted by Crippen LogP contribution is -2.47. The van der Waals surface area contributed by atoms with Crippen molar-refractivity contribution in [1.29, 1.82) is 0 Å². The molecule has 4 nitrogen and oxygen atoms in total. The minimum Gasteiger partial charge on any atom is -0.396 e. The Labute approximate surface area is 114 Å². The summed E-state index contributed by atoms with van der Waals surface area (Å²) in [5.41, 5.74) is 5.52. The summed E-state index contributed by atoms with van der Waals surface area (Å²) in [4.78, 5) is 12.2. The highest BCUT2D eigenvalue weighted by molar-refractivity contribution is 7.99. The summed E-state index contributed by atoms with van der Waals surface area (Å²) in [7, 11) is 0. The average Bonchev–Trinajstić information content (AvgIpc) is 2.43. The van der Waals surface area contributed by atoms with Crippen LogP contribution in [0.5, 0.6) is 0 Å². The highest BCUT2D eigenvalue weighted by Gasteiger charge is 2.37. The smallest absolute Gasteiger partial charge is 0.227 e. The van der Waals surface area contributed by atoms with E-state index in [0.717, 1.165) is 43.6 Å². The van der Waals surface area contributed by atoms with Gasteiger partial charge in [0.1, 0.15) is 0 Å². The van der Waals surface area contributed by atoms with Crippen LogP contribution in [-0.2, 0) is 4.79 Å². The van der Waals surface area contributed by atoms with E-state index in [-0.39, 0.29) is 17.9 Å². The summed E-state index contributed by atoms with van der Waals surface area (Å²) in [6.45, 7) is 1.42. The molecule has 0 saturated heterocycles. The Hall–Kier alpha value is -0.260. The first kappa shape index (κ1) is 15.8. The Morgan fingerprint density at radius 1 is 1.28 bits per heavy atom. The number of amides is 1. The predicted molar refractivity (Wildman–Crippen MR) is 76.6 cm³/mol. The average molecular weight is 274 g/mol. The molecule has 4 N–H and O–H groups in total. The van der Waals surface area contributed by atoms with Gasteiger partial charge in [-0.15, -0.1) is 0 Å². The van der Waals surface area contributed by atoms with Gasteiger partial charge in [0.15, 0.2) is 0 Å². The number of nitrogens with one attached hydrogen (secondary N) is 1. The molecule has 0 aromatic carbocycles. The van der Waals surface area contributed by atoms with Crippen LogP contribution >= 0.6 is 11.8 Å². The number of thioether (sulfide) groups is 1. The van der Waals surface area contributed by atoms with Gasteiger partial charge in [-0.1, -0.05) is 19.3 Å². The molecule has 0 spiro atoms. The number of hydrogen-bond donors (Lipinski definition) is 3. The second kappa shape index (κ2) is 8.77. The lowest BCUT2D eigenvalue weighted by Gasteiger charge is -2.34. The van der Waals surface area contributed by atoms with Gasteiger partial charge in [0, 0.05) is 25.4 Å². The Kier molecular flexibility index (Phi) is 7.70. The summed E-state index contributed by atoms with van der Waals surface area (Å²) in [6.07, 6.45) is 6.17. The second-order valence-electron chi connectivity index (χ2n) is 4.99. The van der Waals surface area contributed by atoms with Crippen molar-refractivity contribution in [1.82, 2.24) is 5.32 Å². The molecule has 106 valence electrons. The van der Waals surface area contributed by atoms with Crippen LogP contribution in [0.1, 0.15) is 38.5 Å². The number of hydrogen-bond acceptors (Lipinski definition) is 4. The van der Waals surface area contributed by atoms with Crippen molar-refractivity contribution in [3.05, 3.63) is 0 Å². The van der Waals surface area contributed by atoms with Crippen LogP contribution < -0.4 is 11.1 Å². The van der Waals surface area contributed by atoms with E-state index < -0.39 is 0 Å². The van der Waals surface area contributed by atoms with E-state index >= 15 is 0 Å². The third-order valence-corrected chi connectivity index (χ3v) is 4.73. The van der Waals surface area contributed by atoms with Gasteiger partial charge in [-0.2, -0.15) is 11.8 Å². The molecular weight excluding hydrogens is 248 g/mol. The van der Waals surface area contributed by atoms with Gasteiger partial charge in [0.25, 0.3) is 0 Å². The molecule has 1 fully saturated rings. The minimum atomic E-state index is -0.298. The van der Waals surface area contributed by atoms with Crippen molar-refractivity contribution in [2.75, 3.05) is 31.2 Å². The Morgan fingerprint density at radius 2 is 2.00 bits per heavy atom. The van der Waals surface area contributed by atoms with Crippen LogP contribution in [0.2, 0.25) is 0 Å². The van der Waals surface area contributed by atoms with Crippen molar-refractivity contribution in [3.63, 3.8) is 0 Å². The van der Waals surface area contributed by atoms with Crippen LogP contribution in [0, 0.1) is 5.41 Å². The molecule has 0 unspecified atom stereocenters. The Morgan fingerprint density at radius 3 is 2.61 bits per heavy atom. The fourth-order valence-electron chi connectivity index (χ4n) is 2.45. The predicted octanol–water partition coefficient (Wildman–Crippen LogP) is 1.13. The zero-order chi connectivity index (χ0) is 13.3. The van der Waals surface area contributed by atoms with Gasteiger partial charge in [0.2, 0.25) is 5.91 Å². The zero-order valence-corrected chi connectivity index (χ0v) is 11.9. The SMILES string of the molecule is NCC1(C(=O)NCCSCCCO)CCCCC1. The number of rotatable bonds is 8. The number of nitrogens with two attached hydrogens (primary N) is 1. The van der Waals surface area contributed by atoms with E-state index in [4.69, 9.17) is 10.8 Å². The number of carbonyl (C=O) groups excluding carboxylic acids is 1. The van der Waals surface area contributed by atoms with Crippen molar-refractivity contribution in [3.8, 4) is 0 Å². The van der Waals surface area contributed by atoms with Crippen LogP contribution in [0.25, 0.3) is 0 Å². The molecule has 0 bridgehead atoms. The highest BCUT2D eigenvalue weighted by Crippen LogP contribution is 2.35. The maximum absolute atomic E-state index is 12.2. The third-order valence-electron chi connectivity index (χ3n) is 3.66. The van der Waals surface area contributed by atoms with Gasteiger partial charge in [0.05, 0.1) is 5.41 Å². The van der Waals surface area contributed by atoms with Gasteiger partial charge in [-0.05, 0) is 25.0 Å². The van der Waals surface area contributed by atoms with Crippen LogP contribution in [-0.4, -0.2) is 42.2 Å². The molecule has 1 saturated carbocycles. The Balaban J connectivity index is 2.21. The van der Waals surface area contributed by atoms with Gasteiger partial charge in [-0.25, -0.2) is 0 Å². The summed E-state index contributed by atoms with van der Waals surface area (Å²) < 4.78 is 0. The fraction of sp³-hybridized carbons (Fsp3) is 0.923. The van der Waals surface area contributed by atoms with E-state index in [2.05, 4.69) is 5.32 Å². The molecule has 1 aliphatic carbocycles. The molecule has 0 heterocycles. The molecule has 0 atom stereocenters. The molecule has 0 radical (unpaired) electrons. The molecule has 0 aromatic heterocycles. The van der Waals surface area contributed by atoms with E-state index in [1.807, 2.05) is 0 Å². The Bertz CT molecular complexity index is 243. The van der Waals surface area contributed by atoms with Crippen LogP contribution in [0.4, 0.5) is 0 Å². The van der Waals surface area contributed by atoms with Crippen molar-refractivity contribution < 1.29 is 9.90 Å². The van der Waals surface area contributed by atoms with Crippen LogP contribution in [0.15, 0.2) is 0 Å². The molecule has 0 aliphatic heterocycles. The normalized spacial score (nSPS) is 18.6. The topological polar surface area (TPSA) is 75.4 Å². The number of aliphatic hydroxyl groups is 1. The molecule has 1 rings (SSSR count). The summed E-state index contributed by atoms with van der Waals surface area (Å²) in [5, 5.41) is 11.7. The maximum Gasteiger partial charge on any atom is 0.227 e. The highest BCUT2D eigenvalue weighted by atomic mass is 32.2. The first-order valence-corrected chi connectivity index (χ1v) is 8.07. The van der Waals surface area contributed by atoms with E-state index in [1.54, 1.807) is 11.8 Å². The van der Waals surface area contributed by atoms with E-state index in [0.29, 0.717) is 13.1 Å². The summed E-state index contributed by atoms with van der Waals surface area (Å²) in [6, 6.07) is 0. The maximum atomic E-state index is 12.2. The third kappa shape index (κ3) is 4.78. The number of carbonyl (C=O) groups is 1. The monoisotopic (exact) mass is 274 g/mol. The lowest BCUT2D eigenvalue weighted by molar-refractivity contribution is -0.132. The van der Waals surface area contributed by atoms with Crippen molar-refractivity contribution >= 4 is 17.7 Å². The van der Waals surface area contributed by atoms with Gasteiger partial charge < -0.3 is 16.2 Å². The molecule has 18 heavy (non-hydrogen) atoms. The zero-order valence-electron chi connectivity index (χ0n) is 11.1. The molecule has 0 aromatic rings. The van der Waals surface area contributed by atoms with E-state index in [1.165, 1.54) is 6.42 Å². The molecule has 1 amide bonds. The van der Waals surface area contributed by atoms with Gasteiger partial charge >= 0.3 is 0 Å². The largest absolute Gasteiger partial charge is 0.396 e. The quantitative estimate of drug-likeness (QED) is 0.580. The van der Waals surface area contributed by atoms with Gasteiger partial charge in [-0.3, -0.25) is 4.79 Å². The standard InChI is InChI=1S/C13H26N2O2S/c14-11-13(5-2-1-3-6-13)12(17)15-7-10-18-9-4-8-16/h16H,1-11,14H2,(H,15,17). The van der Waals surface area contributed by atoms with Crippen LogP contribution in [0.3, 0.4) is 0 Å². The first-order chi connectivity index (χ1) is 8.75. The molecule has 1 aliphatic rings. The first-order valence-electron chi connectivity index (χ1n) is 6.92. The van der Waals surface area contributed by atoms with Crippen molar-refractivity contribution in [2.24, 2.45) is 11.1 Å². The molecular formula is C13H26N2O2S. The minimum absolute atomic E-state index is 0.146. The lowest BCUT2D eigenvalue weighted by atomic mass is 9.73. The summed E-state index contributed by atoms with van der Waals surface area (Å²) >= 11 is 1.77. The molecule has 5 heteroatoms. The second-order valence-corrected chi connectivity index (χ2v) is 6.22. The summed E-state index contributed by atoms with van der Waals surface area (Å²) in [5.74, 6) is 2.01. The number of aliphatic hydroxyl groups excluding tert-OH is 1. The van der Waals surface area contributed by atoms with Crippen molar-refractivity contribution in [2.45, 2.75) is 38.5 Å². The van der Waals surface area contributed by atoms with E-state index in [9.17, 15) is 4.79 Å².